The number of piperazine rings is 1. The van der Waals surface area contributed by atoms with Crippen molar-refractivity contribution in [1.82, 2.24) is 10.2 Å². The molecule has 0 bridgehead atoms. The molecule has 22 heavy (non-hydrogen) atoms. The molecule has 0 aromatic heterocycles. The van der Waals surface area contributed by atoms with Crippen LogP contribution in [-0.2, 0) is 0 Å². The zero-order valence-corrected chi connectivity index (χ0v) is 14.4. The molecule has 2 rings (SSSR count). The third-order valence-corrected chi connectivity index (χ3v) is 4.35. The molecule has 1 aromatic carbocycles. The third-order valence-electron chi connectivity index (χ3n) is 4.06. The first kappa shape index (κ1) is 19.4. The predicted octanol–water partition coefficient (Wildman–Crippen LogP) is 4.59. The fraction of sp³-hybridized carbons (Fsp3) is 0.529. The smallest absolute Gasteiger partial charge is 0.141 e. The summed E-state index contributed by atoms with van der Waals surface area (Å²) in [5.41, 5.74) is 1.13. The average Bonchev–Trinajstić information content (AvgIpc) is 2.51. The standard InChI is InChI=1S/C17H24ClFN2.ClH/c1-2-3-4-5-6-17(21-11-9-20-10-12-21)14-7-8-16(19)15(18)13-14;/h2,7-8,13,17,20H,1,3-6,9-12H2;1H/t17-;/m0./s1. The molecule has 0 spiro atoms. The molecule has 5 heteroatoms. The summed E-state index contributed by atoms with van der Waals surface area (Å²) in [7, 11) is 0. The van der Waals surface area contributed by atoms with Crippen molar-refractivity contribution in [2.75, 3.05) is 26.2 Å². The summed E-state index contributed by atoms with van der Waals surface area (Å²) in [6, 6.07) is 5.48. The van der Waals surface area contributed by atoms with Crippen LogP contribution in [0.15, 0.2) is 30.9 Å². The Morgan fingerprint density at radius 3 is 2.68 bits per heavy atom. The maximum absolute atomic E-state index is 13.4. The van der Waals surface area contributed by atoms with Crippen molar-refractivity contribution in [3.63, 3.8) is 0 Å². The highest BCUT2D eigenvalue weighted by Crippen LogP contribution is 2.29. The summed E-state index contributed by atoms with van der Waals surface area (Å²) in [5, 5.41) is 3.60. The van der Waals surface area contributed by atoms with E-state index in [1.807, 2.05) is 12.1 Å². The van der Waals surface area contributed by atoms with E-state index in [1.54, 1.807) is 6.07 Å². The van der Waals surface area contributed by atoms with Crippen molar-refractivity contribution in [3.8, 4) is 0 Å². The minimum absolute atomic E-state index is 0. The van der Waals surface area contributed by atoms with E-state index >= 15 is 0 Å². The zero-order chi connectivity index (χ0) is 15.1. The Hall–Kier alpha value is -0.610. The van der Waals surface area contributed by atoms with Crippen molar-refractivity contribution in [3.05, 3.63) is 47.3 Å². The van der Waals surface area contributed by atoms with Gasteiger partial charge in [-0.15, -0.1) is 19.0 Å². The Morgan fingerprint density at radius 2 is 2.05 bits per heavy atom. The minimum Gasteiger partial charge on any atom is -0.314 e. The molecule has 0 unspecified atom stereocenters. The summed E-state index contributed by atoms with van der Waals surface area (Å²) in [6.07, 6.45) is 6.40. The van der Waals surface area contributed by atoms with Crippen molar-refractivity contribution in [2.45, 2.75) is 31.7 Å². The van der Waals surface area contributed by atoms with Crippen LogP contribution >= 0.6 is 24.0 Å². The summed E-state index contributed by atoms with van der Waals surface area (Å²) >= 11 is 5.96. The lowest BCUT2D eigenvalue weighted by molar-refractivity contribution is 0.163. The Kier molecular flexibility index (Phi) is 9.03. The first-order chi connectivity index (χ1) is 10.2. The summed E-state index contributed by atoms with van der Waals surface area (Å²) in [4.78, 5) is 2.48. The second-order valence-corrected chi connectivity index (χ2v) is 5.96. The maximum atomic E-state index is 13.4. The van der Waals surface area contributed by atoms with Crippen molar-refractivity contribution < 1.29 is 4.39 Å². The number of nitrogens with zero attached hydrogens (tertiary/aromatic N) is 1. The maximum Gasteiger partial charge on any atom is 0.141 e. The van der Waals surface area contributed by atoms with E-state index in [0.29, 0.717) is 6.04 Å². The van der Waals surface area contributed by atoms with Crippen LogP contribution in [-0.4, -0.2) is 31.1 Å². The van der Waals surface area contributed by atoms with Gasteiger partial charge >= 0.3 is 0 Å². The van der Waals surface area contributed by atoms with Crippen LogP contribution in [0.1, 0.15) is 37.3 Å². The van der Waals surface area contributed by atoms with E-state index < -0.39 is 0 Å². The molecule has 0 aliphatic carbocycles. The molecule has 1 N–H and O–H groups in total. The molecular weight excluding hydrogens is 322 g/mol. The summed E-state index contributed by atoms with van der Waals surface area (Å²) in [5.74, 6) is -0.342. The fourth-order valence-corrected chi connectivity index (χ4v) is 3.09. The van der Waals surface area contributed by atoms with Gasteiger partial charge in [-0.05, 0) is 37.0 Å². The highest BCUT2D eigenvalue weighted by Gasteiger charge is 2.22. The van der Waals surface area contributed by atoms with Crippen LogP contribution in [0.25, 0.3) is 0 Å². The Bertz CT molecular complexity index is 462. The van der Waals surface area contributed by atoms with Crippen LogP contribution in [0.5, 0.6) is 0 Å². The second-order valence-electron chi connectivity index (χ2n) is 5.55. The van der Waals surface area contributed by atoms with Gasteiger partial charge in [0.1, 0.15) is 5.82 Å². The lowest BCUT2D eigenvalue weighted by Gasteiger charge is -2.35. The molecule has 1 atom stereocenters. The number of benzene rings is 1. The third kappa shape index (κ3) is 5.54. The largest absolute Gasteiger partial charge is 0.314 e. The molecule has 0 saturated carbocycles. The number of rotatable bonds is 7. The van der Waals surface area contributed by atoms with E-state index in [2.05, 4.69) is 16.8 Å². The quantitative estimate of drug-likeness (QED) is 0.573. The van der Waals surface area contributed by atoms with Gasteiger partial charge < -0.3 is 5.32 Å². The first-order valence-corrected chi connectivity index (χ1v) is 8.11. The van der Waals surface area contributed by atoms with Crippen molar-refractivity contribution in [2.24, 2.45) is 0 Å². The molecule has 2 nitrogen and oxygen atoms in total. The molecule has 1 aromatic rings. The number of allylic oxidation sites excluding steroid dienone is 1. The van der Waals surface area contributed by atoms with Crippen LogP contribution < -0.4 is 5.32 Å². The number of halogens is 3. The second kappa shape index (κ2) is 10.2. The molecule has 124 valence electrons. The molecule has 0 amide bonds. The number of hydrogen-bond acceptors (Lipinski definition) is 2. The monoisotopic (exact) mass is 346 g/mol. The van der Waals surface area contributed by atoms with Crippen molar-refractivity contribution >= 4 is 24.0 Å². The van der Waals surface area contributed by atoms with Gasteiger partial charge in [0.25, 0.3) is 0 Å². The van der Waals surface area contributed by atoms with Crippen LogP contribution in [0.4, 0.5) is 4.39 Å². The number of nitrogens with one attached hydrogen (secondary N) is 1. The van der Waals surface area contributed by atoms with E-state index in [0.717, 1.165) is 57.4 Å². The van der Waals surface area contributed by atoms with E-state index in [1.165, 1.54) is 6.07 Å². The highest BCUT2D eigenvalue weighted by molar-refractivity contribution is 6.30. The lowest BCUT2D eigenvalue weighted by atomic mass is 9.98. The Morgan fingerprint density at radius 1 is 1.32 bits per heavy atom. The lowest BCUT2D eigenvalue weighted by Crippen LogP contribution is -2.45. The summed E-state index contributed by atoms with van der Waals surface area (Å²) in [6.45, 7) is 7.85. The van der Waals surface area contributed by atoms with E-state index in [9.17, 15) is 4.39 Å². The van der Waals surface area contributed by atoms with Gasteiger partial charge in [0.2, 0.25) is 0 Å². The zero-order valence-electron chi connectivity index (χ0n) is 12.9. The van der Waals surface area contributed by atoms with Crippen LogP contribution in [0, 0.1) is 5.82 Å². The summed E-state index contributed by atoms with van der Waals surface area (Å²) < 4.78 is 13.4. The van der Waals surface area contributed by atoms with Gasteiger partial charge in [-0.3, -0.25) is 4.90 Å². The molecule has 1 aliphatic rings. The average molecular weight is 347 g/mol. The van der Waals surface area contributed by atoms with Gasteiger partial charge in [-0.2, -0.15) is 0 Å². The van der Waals surface area contributed by atoms with E-state index in [-0.39, 0.29) is 23.2 Å². The van der Waals surface area contributed by atoms with Crippen molar-refractivity contribution in [1.29, 1.82) is 0 Å². The molecule has 1 heterocycles. The minimum atomic E-state index is -0.342. The van der Waals surface area contributed by atoms with Gasteiger partial charge in [0, 0.05) is 32.2 Å². The SMILES string of the molecule is C=CCCCC[C@@H](c1ccc(F)c(Cl)c1)N1CCNCC1.Cl. The normalized spacial score (nSPS) is 16.8. The molecule has 0 radical (unpaired) electrons. The van der Waals surface area contributed by atoms with Gasteiger partial charge in [0.05, 0.1) is 5.02 Å². The fourth-order valence-electron chi connectivity index (χ4n) is 2.90. The topological polar surface area (TPSA) is 15.3 Å². The predicted molar refractivity (Wildman–Crippen MR) is 94.5 cm³/mol. The number of hydrogen-bond donors (Lipinski definition) is 1. The number of unbranched alkanes of at least 4 members (excludes halogenated alkanes) is 2. The molecule has 1 fully saturated rings. The molecular formula is C17H25Cl2FN2. The Labute approximate surface area is 144 Å². The van der Waals surface area contributed by atoms with Gasteiger partial charge in [-0.25, -0.2) is 4.39 Å². The molecule has 1 aliphatic heterocycles. The Balaban J connectivity index is 0.00000242. The molecule has 1 saturated heterocycles. The highest BCUT2D eigenvalue weighted by atomic mass is 35.5. The van der Waals surface area contributed by atoms with Gasteiger partial charge in [-0.1, -0.05) is 30.2 Å². The van der Waals surface area contributed by atoms with Crippen LogP contribution in [0.2, 0.25) is 5.02 Å². The van der Waals surface area contributed by atoms with E-state index in [4.69, 9.17) is 11.6 Å². The first-order valence-electron chi connectivity index (χ1n) is 7.73. The van der Waals surface area contributed by atoms with Crippen LogP contribution in [0.3, 0.4) is 0 Å². The van der Waals surface area contributed by atoms with Gasteiger partial charge in [0.15, 0.2) is 0 Å².